The number of nitrogens with one attached hydrogen (secondary N) is 1. The molecular weight excluding hydrogens is 376 g/mol. The zero-order chi connectivity index (χ0) is 17.1. The van der Waals surface area contributed by atoms with Crippen LogP contribution in [-0.2, 0) is 4.74 Å². The van der Waals surface area contributed by atoms with Crippen LogP contribution in [0.3, 0.4) is 0 Å². The summed E-state index contributed by atoms with van der Waals surface area (Å²) in [5.41, 5.74) is -0.169. The Kier molecular flexibility index (Phi) is 5.81. The van der Waals surface area contributed by atoms with E-state index < -0.39 is 27.1 Å². The molecule has 0 unspecified atom stereocenters. The summed E-state index contributed by atoms with van der Waals surface area (Å²) in [4.78, 5) is 22.8. The highest BCUT2D eigenvalue weighted by molar-refractivity contribution is 9.10. The van der Waals surface area contributed by atoms with Crippen molar-refractivity contribution in [1.82, 2.24) is 5.32 Å². The normalized spacial score (nSPS) is 15.5. The number of nitro groups is 1. The highest BCUT2D eigenvalue weighted by Gasteiger charge is 2.45. The Bertz CT molecular complexity index is 555. The smallest absolute Gasteiger partial charge is 0.408 e. The van der Waals surface area contributed by atoms with Crippen molar-refractivity contribution in [1.29, 1.82) is 0 Å². The molecule has 1 aromatic rings. The topological polar surface area (TPSA) is 81.5 Å². The van der Waals surface area contributed by atoms with Gasteiger partial charge in [-0.1, -0.05) is 23.7 Å². The molecule has 122 valence electrons. The van der Waals surface area contributed by atoms with Crippen molar-refractivity contribution in [2.75, 3.05) is 0 Å². The van der Waals surface area contributed by atoms with Crippen molar-refractivity contribution in [2.24, 2.45) is 0 Å². The van der Waals surface area contributed by atoms with Gasteiger partial charge in [-0.15, -0.1) is 0 Å². The van der Waals surface area contributed by atoms with Crippen LogP contribution in [0, 0.1) is 10.1 Å². The van der Waals surface area contributed by atoms with Crippen molar-refractivity contribution >= 4 is 33.6 Å². The van der Waals surface area contributed by atoms with E-state index in [2.05, 4.69) is 21.2 Å². The number of halogens is 2. The summed E-state index contributed by atoms with van der Waals surface area (Å²) >= 11 is 8.90. The van der Waals surface area contributed by atoms with Crippen LogP contribution in [0.15, 0.2) is 24.3 Å². The van der Waals surface area contributed by atoms with Crippen LogP contribution in [0.5, 0.6) is 0 Å². The maximum atomic E-state index is 12.0. The zero-order valence-corrected chi connectivity index (χ0v) is 15.1. The van der Waals surface area contributed by atoms with Gasteiger partial charge in [0.2, 0.25) is 0 Å². The summed E-state index contributed by atoms with van der Waals surface area (Å²) < 4.78 is 3.57. The molecule has 1 N–H and O–H groups in total. The molecule has 0 heterocycles. The van der Waals surface area contributed by atoms with Crippen molar-refractivity contribution in [3.63, 3.8) is 0 Å². The lowest BCUT2D eigenvalue weighted by Gasteiger charge is -2.28. The van der Waals surface area contributed by atoms with Crippen LogP contribution in [0.2, 0.25) is 5.02 Å². The van der Waals surface area contributed by atoms with Gasteiger partial charge in [-0.2, -0.15) is 0 Å². The van der Waals surface area contributed by atoms with Gasteiger partial charge in [0, 0.05) is 32.8 Å². The number of hydrogen-bond acceptors (Lipinski definition) is 4. The molecule has 1 rings (SSSR count). The number of carbonyl (C=O) groups excluding carboxylic acids is 1. The first kappa shape index (κ1) is 18.7. The molecule has 1 amide bonds. The van der Waals surface area contributed by atoms with Gasteiger partial charge in [-0.05, 0) is 38.5 Å². The number of ether oxygens (including phenoxy) is 1. The van der Waals surface area contributed by atoms with E-state index in [1.54, 1.807) is 45.0 Å². The molecule has 0 bridgehead atoms. The number of amides is 1. The Morgan fingerprint density at radius 3 is 2.23 bits per heavy atom. The number of nitrogens with zero attached hydrogens (tertiary/aromatic N) is 1. The number of alkyl carbamates (subject to hydrolysis) is 1. The standard InChI is InChI=1S/C14H18BrClN2O4/c1-13(2,3)22-12(19)17-11(14(4,15)18(20)21)9-5-7-10(16)8-6-9/h5-8,11H,1-4H3,(H,17,19)/t11-,14+/m1/s1. The van der Waals surface area contributed by atoms with Crippen LogP contribution >= 0.6 is 27.5 Å². The van der Waals surface area contributed by atoms with Crippen LogP contribution in [0.25, 0.3) is 0 Å². The van der Waals surface area contributed by atoms with Crippen molar-refractivity contribution in [3.05, 3.63) is 45.0 Å². The fourth-order valence-corrected chi connectivity index (χ4v) is 2.21. The minimum Gasteiger partial charge on any atom is -0.444 e. The van der Waals surface area contributed by atoms with Crippen molar-refractivity contribution in [3.8, 4) is 0 Å². The highest BCUT2D eigenvalue weighted by atomic mass is 79.9. The lowest BCUT2D eigenvalue weighted by atomic mass is 10.0. The second-order valence-electron chi connectivity index (χ2n) is 5.91. The first-order chi connectivity index (χ1) is 9.93. The fraction of sp³-hybridized carbons (Fsp3) is 0.500. The van der Waals surface area contributed by atoms with Gasteiger partial charge < -0.3 is 10.1 Å². The van der Waals surface area contributed by atoms with Gasteiger partial charge in [0.25, 0.3) is 4.45 Å². The first-order valence-corrected chi connectivity index (χ1v) is 7.69. The lowest BCUT2D eigenvalue weighted by Crippen LogP contribution is -2.46. The van der Waals surface area contributed by atoms with Crippen LogP contribution < -0.4 is 5.32 Å². The predicted molar refractivity (Wildman–Crippen MR) is 87.9 cm³/mol. The molecule has 0 fully saturated rings. The maximum Gasteiger partial charge on any atom is 0.408 e. The third-order valence-corrected chi connectivity index (χ3v) is 3.75. The molecule has 0 aliphatic heterocycles. The summed E-state index contributed by atoms with van der Waals surface area (Å²) in [6.45, 7) is 6.50. The third kappa shape index (κ3) is 5.14. The lowest BCUT2D eigenvalue weighted by molar-refractivity contribution is -0.536. The number of rotatable bonds is 4. The predicted octanol–water partition coefficient (Wildman–Crippen LogP) is 4.29. The van der Waals surface area contributed by atoms with Gasteiger partial charge in [-0.3, -0.25) is 10.1 Å². The summed E-state index contributed by atoms with van der Waals surface area (Å²) in [5.74, 6) is 0. The summed E-state index contributed by atoms with van der Waals surface area (Å²) in [6, 6.07) is 5.50. The molecule has 1 aromatic carbocycles. The van der Waals surface area contributed by atoms with Gasteiger partial charge in [0.15, 0.2) is 0 Å². The number of hydrogen-bond donors (Lipinski definition) is 1. The minimum atomic E-state index is -1.60. The molecule has 22 heavy (non-hydrogen) atoms. The maximum absolute atomic E-state index is 12.0. The Balaban J connectivity index is 3.10. The number of benzene rings is 1. The average molecular weight is 394 g/mol. The molecule has 0 aliphatic rings. The van der Waals surface area contributed by atoms with Crippen LogP contribution in [0.4, 0.5) is 4.79 Å². The van der Waals surface area contributed by atoms with Gasteiger partial charge in [0.05, 0.1) is 0 Å². The molecule has 0 aromatic heterocycles. The second kappa shape index (κ2) is 6.83. The Morgan fingerprint density at radius 2 is 1.82 bits per heavy atom. The fourth-order valence-electron chi connectivity index (χ4n) is 1.71. The van der Waals surface area contributed by atoms with E-state index in [0.29, 0.717) is 10.6 Å². The third-order valence-electron chi connectivity index (χ3n) is 2.75. The highest BCUT2D eigenvalue weighted by Crippen LogP contribution is 2.34. The van der Waals surface area contributed by atoms with E-state index in [9.17, 15) is 14.9 Å². The molecule has 0 aliphatic carbocycles. The quantitative estimate of drug-likeness (QED) is 0.358. The van der Waals surface area contributed by atoms with Crippen molar-refractivity contribution < 1.29 is 14.5 Å². The summed E-state index contributed by atoms with van der Waals surface area (Å²) in [7, 11) is 0. The zero-order valence-electron chi connectivity index (χ0n) is 12.7. The molecular formula is C14H18BrClN2O4. The molecule has 0 saturated carbocycles. The van der Waals surface area contributed by atoms with Crippen LogP contribution in [0.1, 0.15) is 39.3 Å². The molecule has 0 spiro atoms. The Labute approximate surface area is 142 Å². The molecule has 0 radical (unpaired) electrons. The van der Waals surface area contributed by atoms with Crippen molar-refractivity contribution in [2.45, 2.75) is 43.8 Å². The summed E-state index contributed by atoms with van der Waals surface area (Å²) in [6.07, 6.45) is -0.736. The largest absolute Gasteiger partial charge is 0.444 e. The number of alkyl halides is 1. The van der Waals surface area contributed by atoms with Gasteiger partial charge in [-0.25, -0.2) is 4.79 Å². The Morgan fingerprint density at radius 1 is 1.32 bits per heavy atom. The molecule has 6 nitrogen and oxygen atoms in total. The van der Waals surface area contributed by atoms with Gasteiger partial charge in [0.1, 0.15) is 11.6 Å². The second-order valence-corrected chi connectivity index (χ2v) is 7.95. The van der Waals surface area contributed by atoms with E-state index in [4.69, 9.17) is 16.3 Å². The van der Waals surface area contributed by atoms with E-state index in [1.165, 1.54) is 6.92 Å². The molecule has 8 heteroatoms. The van der Waals surface area contributed by atoms with Crippen LogP contribution in [-0.4, -0.2) is 21.1 Å². The summed E-state index contributed by atoms with van der Waals surface area (Å²) in [5, 5.41) is 14.3. The van der Waals surface area contributed by atoms with E-state index in [1.807, 2.05) is 0 Å². The molecule has 0 saturated heterocycles. The Hall–Kier alpha value is -1.34. The monoisotopic (exact) mass is 392 g/mol. The van der Waals surface area contributed by atoms with E-state index >= 15 is 0 Å². The number of carbonyl (C=O) groups is 1. The molecule has 2 atom stereocenters. The SMILES string of the molecule is CC(C)(C)OC(=O)N[C@H](c1ccc(Cl)cc1)[C@@](C)(Br)[N+](=O)[O-]. The first-order valence-electron chi connectivity index (χ1n) is 6.52. The van der Waals surface area contributed by atoms with E-state index in [-0.39, 0.29) is 0 Å². The average Bonchev–Trinajstić information content (AvgIpc) is 2.34. The van der Waals surface area contributed by atoms with E-state index in [0.717, 1.165) is 0 Å². The minimum absolute atomic E-state index is 0.497. The van der Waals surface area contributed by atoms with Gasteiger partial charge >= 0.3 is 6.09 Å².